The number of pyridine rings is 1. The number of rotatable bonds is 2. The molecule has 0 spiro atoms. The van der Waals surface area contributed by atoms with E-state index in [-0.39, 0.29) is 12.6 Å². The number of alkyl halides is 1. The highest BCUT2D eigenvalue weighted by Gasteiger charge is 2.22. The van der Waals surface area contributed by atoms with Crippen LogP contribution in [0.4, 0.5) is 9.52 Å². The number of thiazole rings is 1. The third-order valence-corrected chi connectivity index (χ3v) is 4.28. The third-order valence-electron chi connectivity index (χ3n) is 3.19. The molecule has 1 aliphatic heterocycles. The minimum Gasteiger partial charge on any atom is -0.348 e. The molecule has 3 rings (SSSR count). The average Bonchev–Trinajstić information content (AvgIpc) is 2.82. The van der Waals surface area contributed by atoms with Crippen molar-refractivity contribution in [1.29, 1.82) is 0 Å². The molecule has 0 aromatic carbocycles. The van der Waals surface area contributed by atoms with Gasteiger partial charge in [-0.1, -0.05) is 11.3 Å². The van der Waals surface area contributed by atoms with Gasteiger partial charge in [0, 0.05) is 25.2 Å². The molecule has 3 heterocycles. The zero-order chi connectivity index (χ0) is 11.7. The van der Waals surface area contributed by atoms with Crippen LogP contribution in [0.5, 0.6) is 0 Å². The second kappa shape index (κ2) is 4.56. The SMILES string of the molecule is FCC1CCCN(c2nc3cnccc3s2)C1. The second-order valence-electron chi connectivity index (χ2n) is 4.45. The van der Waals surface area contributed by atoms with Crippen LogP contribution >= 0.6 is 11.3 Å². The van der Waals surface area contributed by atoms with E-state index in [2.05, 4.69) is 14.9 Å². The fourth-order valence-electron chi connectivity index (χ4n) is 2.27. The lowest BCUT2D eigenvalue weighted by molar-refractivity contribution is 0.316. The second-order valence-corrected chi connectivity index (χ2v) is 5.46. The molecule has 2 aromatic heterocycles. The van der Waals surface area contributed by atoms with E-state index in [4.69, 9.17) is 0 Å². The van der Waals surface area contributed by atoms with Crippen LogP contribution in [0.25, 0.3) is 10.2 Å². The van der Waals surface area contributed by atoms with E-state index in [0.29, 0.717) is 0 Å². The van der Waals surface area contributed by atoms with Gasteiger partial charge in [0.2, 0.25) is 0 Å². The van der Waals surface area contributed by atoms with Gasteiger partial charge in [0.1, 0.15) is 5.52 Å². The zero-order valence-electron chi connectivity index (χ0n) is 9.47. The molecule has 1 atom stereocenters. The molecule has 0 N–H and O–H groups in total. The molecular formula is C12H14FN3S. The number of hydrogen-bond acceptors (Lipinski definition) is 4. The topological polar surface area (TPSA) is 29.0 Å². The van der Waals surface area contributed by atoms with Crippen molar-refractivity contribution < 1.29 is 4.39 Å². The summed E-state index contributed by atoms with van der Waals surface area (Å²) in [7, 11) is 0. The summed E-state index contributed by atoms with van der Waals surface area (Å²) in [5.74, 6) is 0.175. The van der Waals surface area contributed by atoms with Crippen molar-refractivity contribution in [3.63, 3.8) is 0 Å². The standard InChI is InChI=1S/C12H14FN3S/c13-6-9-2-1-5-16(8-9)12-15-10-7-14-4-3-11(10)17-12/h3-4,7,9H,1-2,5-6,8H2. The molecule has 5 heteroatoms. The Balaban J connectivity index is 1.87. The fraction of sp³-hybridized carbons (Fsp3) is 0.500. The maximum absolute atomic E-state index is 12.7. The summed E-state index contributed by atoms with van der Waals surface area (Å²) in [5, 5.41) is 1.01. The molecule has 2 aromatic rings. The maximum atomic E-state index is 12.7. The molecule has 0 amide bonds. The minimum atomic E-state index is -0.219. The third kappa shape index (κ3) is 2.11. The lowest BCUT2D eigenvalue weighted by Crippen LogP contribution is -2.36. The van der Waals surface area contributed by atoms with Crippen LogP contribution in [0.15, 0.2) is 18.5 Å². The minimum absolute atomic E-state index is 0.175. The van der Waals surface area contributed by atoms with Crippen LogP contribution in [-0.4, -0.2) is 29.7 Å². The first-order valence-electron chi connectivity index (χ1n) is 5.88. The molecule has 1 saturated heterocycles. The molecule has 0 bridgehead atoms. The average molecular weight is 251 g/mol. The Kier molecular flexibility index (Phi) is 2.93. The normalized spacial score (nSPS) is 21.0. The summed E-state index contributed by atoms with van der Waals surface area (Å²) in [6.07, 6.45) is 5.62. The number of fused-ring (bicyclic) bond motifs is 1. The Labute approximate surface area is 103 Å². The lowest BCUT2D eigenvalue weighted by Gasteiger charge is -2.30. The molecule has 1 fully saturated rings. The molecule has 1 unspecified atom stereocenters. The Hall–Kier alpha value is -1.23. The van der Waals surface area contributed by atoms with E-state index in [1.54, 1.807) is 23.7 Å². The van der Waals surface area contributed by atoms with E-state index >= 15 is 0 Å². The summed E-state index contributed by atoms with van der Waals surface area (Å²) in [4.78, 5) is 10.8. The van der Waals surface area contributed by atoms with E-state index < -0.39 is 0 Å². The summed E-state index contributed by atoms with van der Waals surface area (Å²) in [5.41, 5.74) is 0.940. The molecule has 0 aliphatic carbocycles. The molecule has 17 heavy (non-hydrogen) atoms. The van der Waals surface area contributed by atoms with Gasteiger partial charge in [-0.2, -0.15) is 0 Å². The van der Waals surface area contributed by atoms with E-state index in [1.807, 2.05) is 6.07 Å². The largest absolute Gasteiger partial charge is 0.348 e. The van der Waals surface area contributed by atoms with Gasteiger partial charge in [0.15, 0.2) is 5.13 Å². The smallest absolute Gasteiger partial charge is 0.186 e. The Morgan fingerprint density at radius 3 is 3.29 bits per heavy atom. The highest BCUT2D eigenvalue weighted by Crippen LogP contribution is 2.30. The number of nitrogens with zero attached hydrogens (tertiary/aromatic N) is 3. The van der Waals surface area contributed by atoms with Crippen molar-refractivity contribution >= 4 is 26.7 Å². The molecule has 0 radical (unpaired) electrons. The van der Waals surface area contributed by atoms with Crippen molar-refractivity contribution in [1.82, 2.24) is 9.97 Å². The van der Waals surface area contributed by atoms with Gasteiger partial charge < -0.3 is 4.90 Å². The van der Waals surface area contributed by atoms with Crippen molar-refractivity contribution in [2.75, 3.05) is 24.7 Å². The van der Waals surface area contributed by atoms with Gasteiger partial charge in [-0.15, -0.1) is 0 Å². The van der Waals surface area contributed by atoms with Crippen LogP contribution in [0, 0.1) is 5.92 Å². The van der Waals surface area contributed by atoms with Crippen molar-refractivity contribution in [2.24, 2.45) is 5.92 Å². The van der Waals surface area contributed by atoms with Crippen molar-refractivity contribution in [3.05, 3.63) is 18.5 Å². The highest BCUT2D eigenvalue weighted by molar-refractivity contribution is 7.22. The predicted octanol–water partition coefficient (Wildman–Crippen LogP) is 2.88. The fourth-order valence-corrected chi connectivity index (χ4v) is 3.24. The molecule has 0 saturated carbocycles. The first-order valence-corrected chi connectivity index (χ1v) is 6.70. The Morgan fingerprint density at radius 2 is 2.47 bits per heavy atom. The number of anilines is 1. The molecule has 3 nitrogen and oxygen atoms in total. The number of halogens is 1. The van der Waals surface area contributed by atoms with Crippen molar-refractivity contribution in [2.45, 2.75) is 12.8 Å². The van der Waals surface area contributed by atoms with Gasteiger partial charge in [0.05, 0.1) is 17.6 Å². The summed E-state index contributed by atoms with van der Waals surface area (Å²) < 4.78 is 13.9. The van der Waals surface area contributed by atoms with Crippen LogP contribution in [0.3, 0.4) is 0 Å². The summed E-state index contributed by atoms with van der Waals surface area (Å²) in [6, 6.07) is 1.98. The molecule has 1 aliphatic rings. The predicted molar refractivity (Wildman–Crippen MR) is 68.3 cm³/mol. The lowest BCUT2D eigenvalue weighted by atomic mass is 10.0. The maximum Gasteiger partial charge on any atom is 0.186 e. The van der Waals surface area contributed by atoms with E-state index in [1.165, 1.54) is 0 Å². The van der Waals surface area contributed by atoms with E-state index in [9.17, 15) is 4.39 Å². The quantitative estimate of drug-likeness (QED) is 0.821. The first-order chi connectivity index (χ1) is 8.36. The van der Waals surface area contributed by atoms with Gasteiger partial charge >= 0.3 is 0 Å². The number of aromatic nitrogens is 2. The summed E-state index contributed by atoms with van der Waals surface area (Å²) >= 11 is 1.67. The van der Waals surface area contributed by atoms with Crippen LogP contribution in [-0.2, 0) is 0 Å². The Morgan fingerprint density at radius 1 is 1.53 bits per heavy atom. The molecular weight excluding hydrogens is 237 g/mol. The monoisotopic (exact) mass is 251 g/mol. The summed E-state index contributed by atoms with van der Waals surface area (Å²) in [6.45, 7) is 1.57. The van der Waals surface area contributed by atoms with Crippen LogP contribution in [0.1, 0.15) is 12.8 Å². The van der Waals surface area contributed by atoms with Crippen LogP contribution < -0.4 is 4.90 Å². The first kappa shape index (κ1) is 10.9. The van der Waals surface area contributed by atoms with Crippen LogP contribution in [0.2, 0.25) is 0 Å². The van der Waals surface area contributed by atoms with Gasteiger partial charge in [0.25, 0.3) is 0 Å². The molecule has 90 valence electrons. The van der Waals surface area contributed by atoms with Crippen molar-refractivity contribution in [3.8, 4) is 0 Å². The van der Waals surface area contributed by atoms with Gasteiger partial charge in [-0.25, -0.2) is 4.98 Å². The number of hydrogen-bond donors (Lipinski definition) is 0. The Bertz CT molecular complexity index is 480. The van der Waals surface area contributed by atoms with E-state index in [0.717, 1.165) is 41.3 Å². The zero-order valence-corrected chi connectivity index (χ0v) is 10.3. The van der Waals surface area contributed by atoms with Gasteiger partial charge in [-0.05, 0) is 18.9 Å². The number of piperidine rings is 1. The van der Waals surface area contributed by atoms with Gasteiger partial charge in [-0.3, -0.25) is 9.37 Å². The highest BCUT2D eigenvalue weighted by atomic mass is 32.1.